The van der Waals surface area contributed by atoms with Crippen molar-refractivity contribution in [1.82, 2.24) is 0 Å². The zero-order chi connectivity index (χ0) is 14.5. The lowest BCUT2D eigenvalue weighted by atomic mass is 9.90. The molecule has 0 atom stereocenters. The number of carbonyl (C=O) groups is 1. The average molecular weight is 260 g/mol. The molecule has 102 valence electrons. The van der Waals surface area contributed by atoms with E-state index in [2.05, 4.69) is 6.07 Å². The third kappa shape index (κ3) is 4.63. The molecule has 0 saturated heterocycles. The van der Waals surface area contributed by atoms with Crippen LogP contribution in [0.4, 0.5) is 5.69 Å². The molecule has 0 bridgehead atoms. The molecule has 4 nitrogen and oxygen atoms in total. The Balaban J connectivity index is 2.59. The molecule has 0 unspecified atom stereocenters. The number of nitrogens with two attached hydrogens (primary N) is 1. The van der Waals surface area contributed by atoms with E-state index in [1.807, 2.05) is 13.8 Å². The van der Waals surface area contributed by atoms with Gasteiger partial charge < -0.3 is 10.5 Å². The fraction of sp³-hybridized carbons (Fsp3) is 0.467. The molecule has 0 aliphatic rings. The summed E-state index contributed by atoms with van der Waals surface area (Å²) in [5.41, 5.74) is 6.36. The van der Waals surface area contributed by atoms with Gasteiger partial charge in [0, 0.05) is 5.69 Å². The van der Waals surface area contributed by atoms with Crippen LogP contribution in [-0.2, 0) is 0 Å². The van der Waals surface area contributed by atoms with Gasteiger partial charge in [-0.25, -0.2) is 0 Å². The van der Waals surface area contributed by atoms with Crippen LogP contribution in [0, 0.1) is 16.7 Å². The Bertz CT molecular complexity index is 501. The minimum absolute atomic E-state index is 0.0698. The van der Waals surface area contributed by atoms with E-state index in [-0.39, 0.29) is 11.2 Å². The number of hydrogen-bond donors (Lipinski definition) is 1. The van der Waals surface area contributed by atoms with E-state index >= 15 is 0 Å². The molecule has 0 aliphatic heterocycles. The number of benzene rings is 1. The van der Waals surface area contributed by atoms with Gasteiger partial charge in [-0.2, -0.15) is 5.26 Å². The third-order valence-corrected chi connectivity index (χ3v) is 2.89. The highest BCUT2D eigenvalue weighted by Crippen LogP contribution is 2.24. The van der Waals surface area contributed by atoms with Crippen molar-refractivity contribution in [3.05, 3.63) is 23.8 Å². The topological polar surface area (TPSA) is 76.1 Å². The molecule has 0 aromatic heterocycles. The molecule has 2 N–H and O–H groups in total. The summed E-state index contributed by atoms with van der Waals surface area (Å²) in [6.45, 7) is 5.77. The lowest BCUT2D eigenvalue weighted by molar-refractivity contribution is 0.101. The van der Waals surface area contributed by atoms with E-state index < -0.39 is 0 Å². The number of ether oxygens (including phenoxy) is 1. The fourth-order valence-electron chi connectivity index (χ4n) is 1.70. The lowest BCUT2D eigenvalue weighted by Gasteiger charge is -2.15. The minimum Gasteiger partial charge on any atom is -0.493 e. The molecular formula is C15H20N2O2. The van der Waals surface area contributed by atoms with Crippen LogP contribution in [0.3, 0.4) is 0 Å². The highest BCUT2D eigenvalue weighted by atomic mass is 16.5. The zero-order valence-corrected chi connectivity index (χ0v) is 11.7. The van der Waals surface area contributed by atoms with Crippen molar-refractivity contribution in [3.8, 4) is 11.8 Å². The predicted molar refractivity (Wildman–Crippen MR) is 75.0 cm³/mol. The maximum Gasteiger partial charge on any atom is 0.163 e. The van der Waals surface area contributed by atoms with Crippen LogP contribution in [0.5, 0.6) is 5.75 Å². The summed E-state index contributed by atoms with van der Waals surface area (Å²) >= 11 is 0. The maximum absolute atomic E-state index is 11.5. The molecule has 0 saturated carbocycles. The second-order valence-electron chi connectivity index (χ2n) is 5.26. The predicted octanol–water partition coefficient (Wildman–Crippen LogP) is 3.18. The summed E-state index contributed by atoms with van der Waals surface area (Å²) in [4.78, 5) is 11.5. The SMILES string of the molecule is CC(=O)c1cc(N)ccc1OCCCC(C)(C)C#N. The smallest absolute Gasteiger partial charge is 0.163 e. The first-order chi connectivity index (χ1) is 8.85. The molecular weight excluding hydrogens is 240 g/mol. The normalized spacial score (nSPS) is 10.8. The molecule has 1 rings (SSSR count). The monoisotopic (exact) mass is 260 g/mol. The Hall–Kier alpha value is -2.02. The lowest BCUT2D eigenvalue weighted by Crippen LogP contribution is -2.11. The van der Waals surface area contributed by atoms with Gasteiger partial charge in [-0.05, 0) is 51.8 Å². The first kappa shape index (κ1) is 15.0. The van der Waals surface area contributed by atoms with Gasteiger partial charge in [-0.1, -0.05) is 0 Å². The van der Waals surface area contributed by atoms with Crippen LogP contribution in [0.25, 0.3) is 0 Å². The Morgan fingerprint density at radius 3 is 2.74 bits per heavy atom. The van der Waals surface area contributed by atoms with Crippen LogP contribution in [0.1, 0.15) is 44.0 Å². The Morgan fingerprint density at radius 1 is 1.47 bits per heavy atom. The number of ketones is 1. The second-order valence-corrected chi connectivity index (χ2v) is 5.26. The molecule has 0 aliphatic carbocycles. The van der Waals surface area contributed by atoms with Gasteiger partial charge in [0.25, 0.3) is 0 Å². The molecule has 4 heteroatoms. The quantitative estimate of drug-likeness (QED) is 0.484. The Labute approximate surface area is 114 Å². The summed E-state index contributed by atoms with van der Waals surface area (Å²) in [5, 5.41) is 8.91. The maximum atomic E-state index is 11.5. The number of nitrogen functional groups attached to an aromatic ring is 1. The molecule has 0 radical (unpaired) electrons. The highest BCUT2D eigenvalue weighted by molar-refractivity contribution is 5.97. The largest absolute Gasteiger partial charge is 0.493 e. The van der Waals surface area contributed by atoms with Crippen molar-refractivity contribution < 1.29 is 9.53 Å². The van der Waals surface area contributed by atoms with Crippen LogP contribution < -0.4 is 10.5 Å². The molecule has 0 fully saturated rings. The van der Waals surface area contributed by atoms with Crippen LogP contribution in [0.2, 0.25) is 0 Å². The van der Waals surface area contributed by atoms with E-state index in [0.29, 0.717) is 23.6 Å². The molecule has 0 heterocycles. The summed E-state index contributed by atoms with van der Waals surface area (Å²) in [6.07, 6.45) is 1.52. The van der Waals surface area contributed by atoms with Gasteiger partial charge in [-0.15, -0.1) is 0 Å². The summed E-state index contributed by atoms with van der Waals surface area (Å²) < 4.78 is 5.61. The number of Topliss-reactive ketones (excluding diaryl/α,β-unsaturated/α-hetero) is 1. The molecule has 0 spiro atoms. The molecule has 0 amide bonds. The van der Waals surface area contributed by atoms with Crippen LogP contribution in [0.15, 0.2) is 18.2 Å². The molecule has 19 heavy (non-hydrogen) atoms. The number of carbonyl (C=O) groups excluding carboxylic acids is 1. The van der Waals surface area contributed by atoms with Gasteiger partial charge in [0.1, 0.15) is 5.75 Å². The number of nitrogens with zero attached hydrogens (tertiary/aromatic N) is 1. The number of anilines is 1. The summed E-state index contributed by atoms with van der Waals surface area (Å²) in [7, 11) is 0. The van der Waals surface area contributed by atoms with Crippen molar-refractivity contribution in [1.29, 1.82) is 5.26 Å². The van der Waals surface area contributed by atoms with E-state index in [1.54, 1.807) is 18.2 Å². The van der Waals surface area contributed by atoms with E-state index in [1.165, 1.54) is 6.92 Å². The highest BCUT2D eigenvalue weighted by Gasteiger charge is 2.16. The fourth-order valence-corrected chi connectivity index (χ4v) is 1.70. The van der Waals surface area contributed by atoms with Crippen molar-refractivity contribution in [2.45, 2.75) is 33.6 Å². The Morgan fingerprint density at radius 2 is 2.16 bits per heavy atom. The van der Waals surface area contributed by atoms with Gasteiger partial charge in [0.15, 0.2) is 5.78 Å². The minimum atomic E-state index is -0.339. The third-order valence-electron chi connectivity index (χ3n) is 2.89. The van der Waals surface area contributed by atoms with Crippen molar-refractivity contribution in [2.75, 3.05) is 12.3 Å². The number of rotatable bonds is 6. The van der Waals surface area contributed by atoms with E-state index in [9.17, 15) is 4.79 Å². The van der Waals surface area contributed by atoms with Crippen molar-refractivity contribution in [3.63, 3.8) is 0 Å². The van der Waals surface area contributed by atoms with Gasteiger partial charge in [-0.3, -0.25) is 4.79 Å². The van der Waals surface area contributed by atoms with Crippen molar-refractivity contribution in [2.24, 2.45) is 5.41 Å². The first-order valence-corrected chi connectivity index (χ1v) is 6.30. The average Bonchev–Trinajstić information content (AvgIpc) is 2.36. The van der Waals surface area contributed by atoms with E-state index in [4.69, 9.17) is 15.7 Å². The molecule has 1 aromatic rings. The van der Waals surface area contributed by atoms with Crippen molar-refractivity contribution >= 4 is 11.5 Å². The Kier molecular flexibility index (Phi) is 4.94. The van der Waals surface area contributed by atoms with Gasteiger partial charge in [0.2, 0.25) is 0 Å². The van der Waals surface area contributed by atoms with Gasteiger partial charge >= 0.3 is 0 Å². The van der Waals surface area contributed by atoms with E-state index in [0.717, 1.165) is 12.8 Å². The summed E-state index contributed by atoms with van der Waals surface area (Å²) in [5.74, 6) is 0.483. The summed E-state index contributed by atoms with van der Waals surface area (Å²) in [6, 6.07) is 7.29. The standard InChI is InChI=1S/C15H20N2O2/c1-11(18)13-9-12(17)5-6-14(13)19-8-4-7-15(2,3)10-16/h5-6,9H,4,7-8,17H2,1-3H3. The van der Waals surface area contributed by atoms with Gasteiger partial charge in [0.05, 0.1) is 23.7 Å². The zero-order valence-electron chi connectivity index (χ0n) is 11.7. The van der Waals surface area contributed by atoms with Crippen LogP contribution >= 0.6 is 0 Å². The second kappa shape index (κ2) is 6.24. The van der Waals surface area contributed by atoms with Crippen LogP contribution in [-0.4, -0.2) is 12.4 Å². The molecule has 1 aromatic carbocycles. The first-order valence-electron chi connectivity index (χ1n) is 6.30. The number of hydrogen-bond acceptors (Lipinski definition) is 4. The number of nitriles is 1.